The summed E-state index contributed by atoms with van der Waals surface area (Å²) in [5, 5.41) is 0. The Morgan fingerprint density at radius 1 is 1.00 bits per heavy atom. The summed E-state index contributed by atoms with van der Waals surface area (Å²) in [5.74, 6) is -3.91. The molecule has 0 saturated carbocycles. The van der Waals surface area contributed by atoms with Gasteiger partial charge >= 0.3 is 0 Å². The Morgan fingerprint density at radius 3 is 2.23 bits per heavy atom. The molecule has 1 N–H and O–H groups in total. The smallest absolute Gasteiger partial charge is 0.240 e. The molecule has 0 amide bonds. The van der Waals surface area contributed by atoms with Crippen LogP contribution in [0.4, 0.5) is 13.2 Å². The second kappa shape index (κ2) is 6.37. The highest BCUT2D eigenvalue weighted by atomic mass is 32.2. The summed E-state index contributed by atoms with van der Waals surface area (Å²) < 4.78 is 70.4. The van der Waals surface area contributed by atoms with E-state index in [-0.39, 0.29) is 10.5 Å². The standard InChI is InChI=1S/C14H12F3NO3S/c1-21-10-3-5-11(6-4-10)22(19,20)18-8-9-2-7-12(15)14(17)13(9)16/h2-7,18H,8H2,1H3. The van der Waals surface area contributed by atoms with Gasteiger partial charge in [0, 0.05) is 12.1 Å². The fourth-order valence-electron chi connectivity index (χ4n) is 1.71. The third kappa shape index (κ3) is 3.40. The number of methoxy groups -OCH3 is 1. The molecule has 0 radical (unpaired) electrons. The topological polar surface area (TPSA) is 55.4 Å². The Morgan fingerprint density at radius 2 is 1.64 bits per heavy atom. The van der Waals surface area contributed by atoms with Crippen molar-refractivity contribution < 1.29 is 26.3 Å². The summed E-state index contributed by atoms with van der Waals surface area (Å²) in [6.45, 7) is -0.503. The molecule has 2 rings (SSSR count). The van der Waals surface area contributed by atoms with E-state index in [1.54, 1.807) is 0 Å². The number of halogens is 3. The van der Waals surface area contributed by atoms with E-state index in [1.165, 1.54) is 31.4 Å². The maximum absolute atomic E-state index is 13.5. The van der Waals surface area contributed by atoms with E-state index in [0.29, 0.717) is 5.75 Å². The van der Waals surface area contributed by atoms with Crippen LogP contribution in [0.2, 0.25) is 0 Å². The van der Waals surface area contributed by atoms with E-state index in [1.807, 2.05) is 0 Å². The van der Waals surface area contributed by atoms with Crippen molar-refractivity contribution in [1.82, 2.24) is 4.72 Å². The number of ether oxygens (including phenoxy) is 1. The molecule has 118 valence electrons. The first-order valence-corrected chi connectivity index (χ1v) is 7.59. The van der Waals surface area contributed by atoms with Crippen molar-refractivity contribution in [2.45, 2.75) is 11.4 Å². The summed E-state index contributed by atoms with van der Waals surface area (Å²) in [5.41, 5.74) is -0.295. The first-order valence-electron chi connectivity index (χ1n) is 6.11. The van der Waals surface area contributed by atoms with Crippen LogP contribution in [0.3, 0.4) is 0 Å². The molecule has 0 aliphatic rings. The van der Waals surface area contributed by atoms with Crippen molar-refractivity contribution >= 4 is 10.0 Å². The Hall–Kier alpha value is -2.06. The second-order valence-corrected chi connectivity index (χ2v) is 6.10. The van der Waals surface area contributed by atoms with E-state index in [0.717, 1.165) is 12.1 Å². The molecule has 22 heavy (non-hydrogen) atoms. The minimum atomic E-state index is -3.91. The lowest BCUT2D eigenvalue weighted by Gasteiger charge is -2.09. The van der Waals surface area contributed by atoms with Crippen molar-refractivity contribution in [2.75, 3.05) is 7.11 Å². The predicted molar refractivity (Wildman–Crippen MR) is 73.3 cm³/mol. The van der Waals surface area contributed by atoms with Gasteiger partial charge in [-0.3, -0.25) is 0 Å². The van der Waals surface area contributed by atoms with Gasteiger partial charge in [0.15, 0.2) is 17.5 Å². The highest BCUT2D eigenvalue weighted by Gasteiger charge is 2.17. The molecular formula is C14H12F3NO3S. The number of nitrogens with one attached hydrogen (secondary N) is 1. The molecule has 0 bridgehead atoms. The fraction of sp³-hybridized carbons (Fsp3) is 0.143. The van der Waals surface area contributed by atoms with E-state index < -0.39 is 34.0 Å². The zero-order valence-electron chi connectivity index (χ0n) is 11.4. The minimum absolute atomic E-state index is 0.0590. The van der Waals surface area contributed by atoms with E-state index in [4.69, 9.17) is 4.74 Å². The van der Waals surface area contributed by atoms with Crippen LogP contribution in [-0.2, 0) is 16.6 Å². The molecule has 0 aromatic heterocycles. The van der Waals surface area contributed by atoms with Gasteiger partial charge in [0.1, 0.15) is 5.75 Å². The highest BCUT2D eigenvalue weighted by Crippen LogP contribution is 2.18. The van der Waals surface area contributed by atoms with Gasteiger partial charge in [-0.25, -0.2) is 26.3 Å². The molecule has 2 aromatic rings. The summed E-state index contributed by atoms with van der Waals surface area (Å²) in [7, 11) is -2.47. The maximum Gasteiger partial charge on any atom is 0.240 e. The molecule has 0 saturated heterocycles. The van der Waals surface area contributed by atoms with E-state index >= 15 is 0 Å². The van der Waals surface area contributed by atoms with Crippen LogP contribution in [0.1, 0.15) is 5.56 Å². The first-order chi connectivity index (χ1) is 10.3. The van der Waals surface area contributed by atoms with Crippen molar-refractivity contribution in [3.05, 3.63) is 59.4 Å². The van der Waals surface area contributed by atoms with E-state index in [2.05, 4.69) is 4.72 Å². The third-order valence-corrected chi connectivity index (χ3v) is 4.35. The Balaban J connectivity index is 2.17. The molecule has 0 heterocycles. The van der Waals surface area contributed by atoms with Crippen LogP contribution in [0.15, 0.2) is 41.3 Å². The molecule has 2 aromatic carbocycles. The van der Waals surface area contributed by atoms with E-state index in [9.17, 15) is 21.6 Å². The number of rotatable bonds is 5. The molecule has 0 spiro atoms. The number of sulfonamides is 1. The van der Waals surface area contributed by atoms with Crippen LogP contribution < -0.4 is 9.46 Å². The van der Waals surface area contributed by atoms with Crippen LogP contribution in [0.5, 0.6) is 5.75 Å². The zero-order chi connectivity index (χ0) is 16.3. The summed E-state index contributed by atoms with van der Waals surface area (Å²) >= 11 is 0. The second-order valence-electron chi connectivity index (χ2n) is 4.33. The lowest BCUT2D eigenvalue weighted by Crippen LogP contribution is -2.24. The summed E-state index contributed by atoms with van der Waals surface area (Å²) in [6.07, 6.45) is 0. The normalized spacial score (nSPS) is 11.5. The molecule has 0 fully saturated rings. The third-order valence-electron chi connectivity index (χ3n) is 2.94. The maximum atomic E-state index is 13.5. The summed E-state index contributed by atoms with van der Waals surface area (Å²) in [4.78, 5) is -0.0590. The Bertz CT molecular complexity index is 777. The number of hydrogen-bond donors (Lipinski definition) is 1. The van der Waals surface area contributed by atoms with Gasteiger partial charge in [-0.05, 0) is 30.3 Å². The van der Waals surface area contributed by atoms with Crippen molar-refractivity contribution in [2.24, 2.45) is 0 Å². The van der Waals surface area contributed by atoms with Crippen molar-refractivity contribution in [3.8, 4) is 5.75 Å². The Kier molecular flexibility index (Phi) is 4.72. The van der Waals surface area contributed by atoms with Gasteiger partial charge in [-0.1, -0.05) is 6.07 Å². The largest absolute Gasteiger partial charge is 0.497 e. The van der Waals surface area contributed by atoms with Gasteiger partial charge < -0.3 is 4.74 Å². The van der Waals surface area contributed by atoms with Crippen LogP contribution in [0, 0.1) is 17.5 Å². The number of hydrogen-bond acceptors (Lipinski definition) is 3. The van der Waals surface area contributed by atoms with Gasteiger partial charge in [-0.2, -0.15) is 0 Å². The molecule has 0 aliphatic carbocycles. The predicted octanol–water partition coefficient (Wildman–Crippen LogP) is 2.59. The van der Waals surface area contributed by atoms with Crippen molar-refractivity contribution in [1.29, 1.82) is 0 Å². The van der Waals surface area contributed by atoms with Crippen LogP contribution in [-0.4, -0.2) is 15.5 Å². The number of benzene rings is 2. The lowest BCUT2D eigenvalue weighted by atomic mass is 10.2. The highest BCUT2D eigenvalue weighted by molar-refractivity contribution is 7.89. The molecule has 8 heteroatoms. The van der Waals surface area contributed by atoms with Crippen LogP contribution in [0.25, 0.3) is 0 Å². The Labute approximate surface area is 125 Å². The van der Waals surface area contributed by atoms with Gasteiger partial charge in [0.25, 0.3) is 0 Å². The quantitative estimate of drug-likeness (QED) is 0.857. The minimum Gasteiger partial charge on any atom is -0.497 e. The molecule has 0 atom stereocenters. The van der Waals surface area contributed by atoms with Gasteiger partial charge in [0.2, 0.25) is 10.0 Å². The molecule has 0 unspecified atom stereocenters. The zero-order valence-corrected chi connectivity index (χ0v) is 12.3. The van der Waals surface area contributed by atoms with Gasteiger partial charge in [0.05, 0.1) is 12.0 Å². The average molecular weight is 331 g/mol. The lowest BCUT2D eigenvalue weighted by molar-refractivity contribution is 0.414. The van der Waals surface area contributed by atoms with Gasteiger partial charge in [-0.15, -0.1) is 0 Å². The summed E-state index contributed by atoms with van der Waals surface area (Å²) in [6, 6.07) is 7.23. The molecule has 0 aliphatic heterocycles. The monoisotopic (exact) mass is 331 g/mol. The fourth-order valence-corrected chi connectivity index (χ4v) is 2.72. The SMILES string of the molecule is COc1ccc(S(=O)(=O)NCc2ccc(F)c(F)c2F)cc1. The van der Waals surface area contributed by atoms with Crippen molar-refractivity contribution in [3.63, 3.8) is 0 Å². The molecular weight excluding hydrogens is 319 g/mol. The first kappa shape index (κ1) is 16.3. The van der Waals surface area contributed by atoms with Crippen LogP contribution >= 0.6 is 0 Å². The average Bonchev–Trinajstić information content (AvgIpc) is 2.52. The molecule has 4 nitrogen and oxygen atoms in total.